The molecule has 2 nitrogen and oxygen atoms in total. The van der Waals surface area contributed by atoms with E-state index < -0.39 is 0 Å². The zero-order chi connectivity index (χ0) is 14.2. The van der Waals surface area contributed by atoms with E-state index in [2.05, 4.69) is 5.32 Å². The number of hydrogen-bond acceptors (Lipinski definition) is 2. The molecule has 1 unspecified atom stereocenters. The zero-order valence-corrected chi connectivity index (χ0v) is 12.4. The van der Waals surface area contributed by atoms with Crippen LogP contribution >= 0.6 is 0 Å². The number of nitrogens with one attached hydrogen (secondary N) is 1. The normalized spacial score (nSPS) is 16.3. The van der Waals surface area contributed by atoms with Gasteiger partial charge in [0.1, 0.15) is 5.82 Å². The summed E-state index contributed by atoms with van der Waals surface area (Å²) in [5.41, 5.74) is 1.11. The largest absolute Gasteiger partial charge is 0.385 e. The summed E-state index contributed by atoms with van der Waals surface area (Å²) in [7, 11) is 1.75. The van der Waals surface area contributed by atoms with Gasteiger partial charge in [-0.15, -0.1) is 0 Å². The van der Waals surface area contributed by atoms with Crippen LogP contribution in [0.15, 0.2) is 24.3 Å². The molecule has 1 saturated carbocycles. The molecule has 1 atom stereocenters. The third kappa shape index (κ3) is 6.02. The minimum absolute atomic E-state index is 0.129. The fraction of sp³-hybridized carbons (Fsp3) is 0.647. The standard InChI is InChI=1S/C17H26FNO/c1-20-10-3-2-5-15(13-19-17-8-9-17)11-14-6-4-7-16(18)12-14/h4,6-7,12,15,17,19H,2-3,5,8-11,13H2,1H3. The number of halogens is 1. The monoisotopic (exact) mass is 279 g/mol. The number of ether oxygens (including phenoxy) is 1. The second kappa shape index (κ2) is 8.38. The van der Waals surface area contributed by atoms with E-state index in [1.807, 2.05) is 6.07 Å². The van der Waals surface area contributed by atoms with Crippen LogP contribution in [-0.4, -0.2) is 26.3 Å². The van der Waals surface area contributed by atoms with E-state index in [0.29, 0.717) is 5.92 Å². The van der Waals surface area contributed by atoms with Gasteiger partial charge in [0.25, 0.3) is 0 Å². The SMILES string of the molecule is COCCCCC(CNC1CC1)Cc1cccc(F)c1. The van der Waals surface area contributed by atoms with Crippen LogP contribution in [0, 0.1) is 11.7 Å². The summed E-state index contributed by atoms with van der Waals surface area (Å²) < 4.78 is 18.4. The van der Waals surface area contributed by atoms with E-state index in [4.69, 9.17) is 4.74 Å². The molecule has 112 valence electrons. The first kappa shape index (κ1) is 15.5. The predicted octanol–water partition coefficient (Wildman–Crippen LogP) is 3.55. The van der Waals surface area contributed by atoms with Gasteiger partial charge in [-0.3, -0.25) is 0 Å². The van der Waals surface area contributed by atoms with Gasteiger partial charge in [-0.05, 0) is 62.3 Å². The van der Waals surface area contributed by atoms with Gasteiger partial charge in [0.2, 0.25) is 0 Å². The smallest absolute Gasteiger partial charge is 0.123 e. The maximum Gasteiger partial charge on any atom is 0.123 e. The summed E-state index contributed by atoms with van der Waals surface area (Å²) >= 11 is 0. The van der Waals surface area contributed by atoms with Gasteiger partial charge >= 0.3 is 0 Å². The molecule has 1 N–H and O–H groups in total. The minimum atomic E-state index is -0.129. The van der Waals surface area contributed by atoms with Crippen molar-refractivity contribution in [3.8, 4) is 0 Å². The Kier molecular flexibility index (Phi) is 6.48. The average molecular weight is 279 g/mol. The number of rotatable bonds is 10. The summed E-state index contributed by atoms with van der Waals surface area (Å²) in [6, 6.07) is 7.76. The molecule has 2 rings (SSSR count). The molecule has 0 spiro atoms. The van der Waals surface area contributed by atoms with Crippen LogP contribution < -0.4 is 5.32 Å². The van der Waals surface area contributed by atoms with Gasteiger partial charge in [0, 0.05) is 19.8 Å². The maximum absolute atomic E-state index is 13.3. The Morgan fingerprint density at radius 3 is 2.90 bits per heavy atom. The Hall–Kier alpha value is -0.930. The Bertz CT molecular complexity index is 392. The van der Waals surface area contributed by atoms with E-state index in [1.54, 1.807) is 19.2 Å². The minimum Gasteiger partial charge on any atom is -0.385 e. The van der Waals surface area contributed by atoms with Crippen molar-refractivity contribution >= 4 is 0 Å². The highest BCUT2D eigenvalue weighted by Gasteiger charge is 2.21. The molecule has 20 heavy (non-hydrogen) atoms. The van der Waals surface area contributed by atoms with Crippen molar-refractivity contribution in [2.45, 2.75) is 44.6 Å². The van der Waals surface area contributed by atoms with Crippen molar-refractivity contribution in [2.24, 2.45) is 5.92 Å². The molecule has 0 radical (unpaired) electrons. The lowest BCUT2D eigenvalue weighted by Crippen LogP contribution is -2.26. The fourth-order valence-corrected chi connectivity index (χ4v) is 2.57. The molecule has 3 heteroatoms. The quantitative estimate of drug-likeness (QED) is 0.661. The Morgan fingerprint density at radius 2 is 2.20 bits per heavy atom. The number of benzene rings is 1. The second-order valence-electron chi connectivity index (χ2n) is 5.87. The van der Waals surface area contributed by atoms with E-state index in [0.717, 1.165) is 37.6 Å². The van der Waals surface area contributed by atoms with E-state index in [9.17, 15) is 4.39 Å². The molecule has 0 amide bonds. The highest BCUT2D eigenvalue weighted by atomic mass is 19.1. The van der Waals surface area contributed by atoms with Crippen molar-refractivity contribution in [1.29, 1.82) is 0 Å². The molecular formula is C17H26FNO. The van der Waals surface area contributed by atoms with Crippen molar-refractivity contribution in [3.63, 3.8) is 0 Å². The first-order valence-electron chi connectivity index (χ1n) is 7.74. The Morgan fingerprint density at radius 1 is 1.35 bits per heavy atom. The van der Waals surface area contributed by atoms with Crippen LogP contribution in [0.25, 0.3) is 0 Å². The summed E-state index contributed by atoms with van der Waals surface area (Å²) in [4.78, 5) is 0. The zero-order valence-electron chi connectivity index (χ0n) is 12.4. The second-order valence-corrected chi connectivity index (χ2v) is 5.87. The van der Waals surface area contributed by atoms with Gasteiger partial charge < -0.3 is 10.1 Å². The van der Waals surface area contributed by atoms with E-state index in [1.165, 1.54) is 31.7 Å². The number of hydrogen-bond donors (Lipinski definition) is 1. The lowest BCUT2D eigenvalue weighted by atomic mass is 9.94. The molecule has 1 aliphatic rings. The van der Waals surface area contributed by atoms with Gasteiger partial charge in [0.05, 0.1) is 0 Å². The van der Waals surface area contributed by atoms with Crippen LogP contribution in [0.5, 0.6) is 0 Å². The van der Waals surface area contributed by atoms with Crippen molar-refractivity contribution in [3.05, 3.63) is 35.6 Å². The highest BCUT2D eigenvalue weighted by molar-refractivity contribution is 5.17. The molecule has 0 saturated heterocycles. The lowest BCUT2D eigenvalue weighted by Gasteiger charge is -2.18. The molecule has 0 aromatic heterocycles. The number of methoxy groups -OCH3 is 1. The molecule has 1 aliphatic carbocycles. The van der Waals surface area contributed by atoms with Crippen LogP contribution in [0.2, 0.25) is 0 Å². The average Bonchev–Trinajstić information content (AvgIpc) is 3.25. The molecule has 0 bridgehead atoms. The molecule has 1 aromatic carbocycles. The molecule has 0 aliphatic heterocycles. The molecule has 1 aromatic rings. The van der Waals surface area contributed by atoms with Crippen LogP contribution in [0.3, 0.4) is 0 Å². The summed E-state index contributed by atoms with van der Waals surface area (Å²) in [5, 5.41) is 3.61. The lowest BCUT2D eigenvalue weighted by molar-refractivity contribution is 0.190. The predicted molar refractivity (Wildman–Crippen MR) is 80.3 cm³/mol. The topological polar surface area (TPSA) is 21.3 Å². The van der Waals surface area contributed by atoms with Crippen LogP contribution in [0.1, 0.15) is 37.7 Å². The van der Waals surface area contributed by atoms with Crippen molar-refractivity contribution in [1.82, 2.24) is 5.32 Å². The molecular weight excluding hydrogens is 253 g/mol. The first-order valence-corrected chi connectivity index (χ1v) is 7.74. The summed E-state index contributed by atoms with van der Waals surface area (Å²) in [5.74, 6) is 0.463. The summed E-state index contributed by atoms with van der Waals surface area (Å²) in [6.45, 7) is 1.89. The van der Waals surface area contributed by atoms with Crippen molar-refractivity contribution in [2.75, 3.05) is 20.3 Å². The van der Waals surface area contributed by atoms with Crippen LogP contribution in [-0.2, 0) is 11.2 Å². The first-order chi connectivity index (χ1) is 9.78. The summed E-state index contributed by atoms with van der Waals surface area (Å²) in [6.07, 6.45) is 7.07. The molecule has 0 heterocycles. The fourth-order valence-electron chi connectivity index (χ4n) is 2.57. The van der Waals surface area contributed by atoms with Crippen LogP contribution in [0.4, 0.5) is 4.39 Å². The Balaban J connectivity index is 1.80. The highest BCUT2D eigenvalue weighted by Crippen LogP contribution is 2.21. The van der Waals surface area contributed by atoms with Gasteiger partial charge in [-0.2, -0.15) is 0 Å². The van der Waals surface area contributed by atoms with Gasteiger partial charge in [-0.25, -0.2) is 4.39 Å². The van der Waals surface area contributed by atoms with E-state index in [-0.39, 0.29) is 5.82 Å². The van der Waals surface area contributed by atoms with Gasteiger partial charge in [0.15, 0.2) is 0 Å². The number of unbranched alkanes of at least 4 members (excludes halogenated alkanes) is 1. The third-order valence-electron chi connectivity index (χ3n) is 3.90. The Labute approximate surface area is 121 Å². The van der Waals surface area contributed by atoms with E-state index >= 15 is 0 Å². The maximum atomic E-state index is 13.3. The van der Waals surface area contributed by atoms with Gasteiger partial charge in [-0.1, -0.05) is 18.6 Å². The van der Waals surface area contributed by atoms with Crippen molar-refractivity contribution < 1.29 is 9.13 Å². The molecule has 1 fully saturated rings. The third-order valence-corrected chi connectivity index (χ3v) is 3.90.